The Morgan fingerprint density at radius 3 is 2.44 bits per heavy atom. The molecule has 5 nitrogen and oxygen atoms in total. The lowest BCUT2D eigenvalue weighted by molar-refractivity contribution is 0.136. The van der Waals surface area contributed by atoms with Crippen LogP contribution in [0.5, 0.6) is 0 Å². The van der Waals surface area contributed by atoms with E-state index in [9.17, 15) is 4.39 Å². The summed E-state index contributed by atoms with van der Waals surface area (Å²) < 4.78 is 13.6. The van der Waals surface area contributed by atoms with Crippen LogP contribution in [0.25, 0.3) is 0 Å². The fourth-order valence-corrected chi connectivity index (χ4v) is 3.15. The van der Waals surface area contributed by atoms with Gasteiger partial charge in [-0.2, -0.15) is 0 Å². The number of guanidine groups is 1. The smallest absolute Gasteiger partial charge is 0.191 e. The molecule has 2 rings (SSSR count). The molecule has 1 heterocycles. The molecule has 27 heavy (non-hydrogen) atoms. The summed E-state index contributed by atoms with van der Waals surface area (Å²) in [5, 5.41) is 6.58. The summed E-state index contributed by atoms with van der Waals surface area (Å²) in [6.07, 6.45) is 2.31. The van der Waals surface area contributed by atoms with Gasteiger partial charge in [-0.1, -0.05) is 19.1 Å². The average molecular weight is 491 g/mol. The molecule has 0 amide bonds. The van der Waals surface area contributed by atoms with Gasteiger partial charge in [-0.15, -0.1) is 24.0 Å². The number of aryl methyl sites for hydroxylation is 1. The number of rotatable bonds is 8. The summed E-state index contributed by atoms with van der Waals surface area (Å²) in [5.74, 6) is 0.606. The highest BCUT2D eigenvalue weighted by Crippen LogP contribution is 2.08. The zero-order valence-corrected chi connectivity index (χ0v) is 19.3. The second kappa shape index (κ2) is 13.3. The zero-order chi connectivity index (χ0) is 18.8. The van der Waals surface area contributed by atoms with Crippen molar-refractivity contribution in [3.05, 3.63) is 35.1 Å². The minimum atomic E-state index is -0.160. The van der Waals surface area contributed by atoms with Crippen molar-refractivity contribution in [2.24, 2.45) is 4.99 Å². The molecule has 7 heteroatoms. The molecule has 0 atom stereocenters. The number of unbranched alkanes of at least 4 members (excludes halogenated alkanes) is 1. The molecule has 2 N–H and O–H groups in total. The zero-order valence-electron chi connectivity index (χ0n) is 16.9. The third-order valence-corrected chi connectivity index (χ3v) is 5.03. The predicted molar refractivity (Wildman–Crippen MR) is 123 cm³/mol. The lowest BCUT2D eigenvalue weighted by Crippen LogP contribution is -2.46. The van der Waals surface area contributed by atoms with Gasteiger partial charge >= 0.3 is 0 Å². The van der Waals surface area contributed by atoms with Gasteiger partial charge in [-0.05, 0) is 50.0 Å². The summed E-state index contributed by atoms with van der Waals surface area (Å²) in [4.78, 5) is 9.30. The van der Waals surface area contributed by atoms with E-state index >= 15 is 0 Å². The van der Waals surface area contributed by atoms with Crippen molar-refractivity contribution in [3.63, 3.8) is 0 Å². The Morgan fingerprint density at radius 1 is 1.11 bits per heavy atom. The summed E-state index contributed by atoms with van der Waals surface area (Å²) in [7, 11) is 1.76. The van der Waals surface area contributed by atoms with Gasteiger partial charge in [0.1, 0.15) is 5.82 Å². The van der Waals surface area contributed by atoms with E-state index in [0.717, 1.165) is 24.5 Å². The van der Waals surface area contributed by atoms with Gasteiger partial charge in [-0.25, -0.2) is 4.39 Å². The van der Waals surface area contributed by atoms with Crippen LogP contribution in [0.1, 0.15) is 30.9 Å². The Bertz CT molecular complexity index is 573. The molecular weight excluding hydrogens is 456 g/mol. The van der Waals surface area contributed by atoms with E-state index in [-0.39, 0.29) is 29.8 Å². The van der Waals surface area contributed by atoms with Crippen LogP contribution in [0.15, 0.2) is 23.2 Å². The molecule has 0 radical (unpaired) electrons. The van der Waals surface area contributed by atoms with Crippen molar-refractivity contribution in [2.45, 2.75) is 33.2 Å². The second-order valence-electron chi connectivity index (χ2n) is 6.92. The molecule has 0 spiro atoms. The monoisotopic (exact) mass is 491 g/mol. The maximum atomic E-state index is 13.6. The normalized spacial score (nSPS) is 16.1. The van der Waals surface area contributed by atoms with Crippen molar-refractivity contribution in [2.75, 3.05) is 52.9 Å². The van der Waals surface area contributed by atoms with Crippen LogP contribution in [0.3, 0.4) is 0 Å². The van der Waals surface area contributed by atoms with Gasteiger partial charge in [0.05, 0.1) is 0 Å². The standard InChI is InChI=1S/C20H34FN5.HI/c1-4-25-11-13-26(14-12-25)10-6-5-9-23-20(22-3)24-16-18-8-7-17(2)19(21)15-18;/h7-8,15H,4-6,9-14,16H2,1-3H3,(H2,22,23,24);1H. The number of hydrogen-bond acceptors (Lipinski definition) is 3. The first-order valence-electron chi connectivity index (χ1n) is 9.76. The Balaban J connectivity index is 0.00000364. The van der Waals surface area contributed by atoms with Crippen LogP contribution >= 0.6 is 24.0 Å². The maximum absolute atomic E-state index is 13.6. The highest BCUT2D eigenvalue weighted by atomic mass is 127. The van der Waals surface area contributed by atoms with Gasteiger partial charge in [0.25, 0.3) is 0 Å². The maximum Gasteiger partial charge on any atom is 0.191 e. The van der Waals surface area contributed by atoms with E-state index in [2.05, 4.69) is 32.3 Å². The third-order valence-electron chi connectivity index (χ3n) is 5.03. The lowest BCUT2D eigenvalue weighted by atomic mass is 10.1. The van der Waals surface area contributed by atoms with Crippen LogP contribution in [-0.2, 0) is 6.54 Å². The van der Waals surface area contributed by atoms with Crippen molar-refractivity contribution < 1.29 is 4.39 Å². The first-order valence-corrected chi connectivity index (χ1v) is 9.76. The summed E-state index contributed by atoms with van der Waals surface area (Å²) >= 11 is 0. The molecule has 1 aliphatic heterocycles. The Hall–Kier alpha value is -0.930. The van der Waals surface area contributed by atoms with Gasteiger partial charge < -0.3 is 20.4 Å². The molecule has 0 aromatic heterocycles. The molecule has 1 aliphatic rings. The van der Waals surface area contributed by atoms with E-state index < -0.39 is 0 Å². The number of likely N-dealkylation sites (N-methyl/N-ethyl adjacent to an activating group) is 1. The highest BCUT2D eigenvalue weighted by Gasteiger charge is 2.14. The lowest BCUT2D eigenvalue weighted by Gasteiger charge is -2.34. The number of aliphatic imine (C=N–C) groups is 1. The van der Waals surface area contributed by atoms with E-state index in [4.69, 9.17) is 0 Å². The number of benzene rings is 1. The molecule has 1 fully saturated rings. The minimum Gasteiger partial charge on any atom is -0.356 e. The molecule has 0 aliphatic carbocycles. The SMILES string of the molecule is CCN1CCN(CCCCNC(=NC)NCc2ccc(C)c(F)c2)CC1.I. The summed E-state index contributed by atoms with van der Waals surface area (Å²) in [5.41, 5.74) is 1.59. The summed E-state index contributed by atoms with van der Waals surface area (Å²) in [6.45, 7) is 12.6. The van der Waals surface area contributed by atoms with Gasteiger partial charge in [0, 0.05) is 46.3 Å². The third kappa shape index (κ3) is 8.74. The molecular formula is C20H35FIN5. The quantitative estimate of drug-likeness (QED) is 0.254. The van der Waals surface area contributed by atoms with Crippen LogP contribution in [0.2, 0.25) is 0 Å². The Labute approximate surface area is 180 Å². The largest absolute Gasteiger partial charge is 0.356 e. The van der Waals surface area contributed by atoms with E-state index in [1.54, 1.807) is 20.0 Å². The molecule has 1 aromatic carbocycles. The van der Waals surface area contributed by atoms with Crippen molar-refractivity contribution in [1.82, 2.24) is 20.4 Å². The number of nitrogens with zero attached hydrogens (tertiary/aromatic N) is 3. The summed E-state index contributed by atoms with van der Waals surface area (Å²) in [6, 6.07) is 5.33. The van der Waals surface area contributed by atoms with Gasteiger partial charge in [0.2, 0.25) is 0 Å². The Kier molecular flexibility index (Phi) is 11.9. The number of hydrogen-bond donors (Lipinski definition) is 2. The van der Waals surface area contributed by atoms with E-state index in [1.165, 1.54) is 45.7 Å². The molecule has 0 saturated carbocycles. The fourth-order valence-electron chi connectivity index (χ4n) is 3.15. The van der Waals surface area contributed by atoms with E-state index in [0.29, 0.717) is 12.1 Å². The Morgan fingerprint density at radius 2 is 1.81 bits per heavy atom. The highest BCUT2D eigenvalue weighted by molar-refractivity contribution is 14.0. The number of nitrogens with one attached hydrogen (secondary N) is 2. The van der Waals surface area contributed by atoms with Crippen LogP contribution in [-0.4, -0.2) is 68.6 Å². The van der Waals surface area contributed by atoms with Crippen LogP contribution in [0, 0.1) is 12.7 Å². The fraction of sp³-hybridized carbons (Fsp3) is 0.650. The molecule has 0 bridgehead atoms. The number of halogens is 2. The van der Waals surface area contributed by atoms with Crippen LogP contribution in [0.4, 0.5) is 4.39 Å². The minimum absolute atomic E-state index is 0. The van der Waals surface area contributed by atoms with Crippen molar-refractivity contribution >= 4 is 29.9 Å². The molecule has 0 unspecified atom stereocenters. The number of piperazine rings is 1. The van der Waals surface area contributed by atoms with Gasteiger partial charge in [0.15, 0.2) is 5.96 Å². The molecule has 1 saturated heterocycles. The average Bonchev–Trinajstić information content (AvgIpc) is 2.67. The van der Waals surface area contributed by atoms with Crippen LogP contribution < -0.4 is 10.6 Å². The molecule has 154 valence electrons. The first-order chi connectivity index (χ1) is 12.6. The van der Waals surface area contributed by atoms with Crippen molar-refractivity contribution in [3.8, 4) is 0 Å². The first kappa shape index (κ1) is 24.1. The van der Waals surface area contributed by atoms with Gasteiger partial charge in [-0.3, -0.25) is 4.99 Å². The van der Waals surface area contributed by atoms with Crippen molar-refractivity contribution in [1.29, 1.82) is 0 Å². The second-order valence-corrected chi connectivity index (χ2v) is 6.92. The topological polar surface area (TPSA) is 42.9 Å². The molecule has 1 aromatic rings. The van der Waals surface area contributed by atoms with E-state index in [1.807, 2.05) is 12.1 Å². The predicted octanol–water partition coefficient (Wildman–Crippen LogP) is 2.83.